The summed E-state index contributed by atoms with van der Waals surface area (Å²) in [5, 5.41) is 8.83. The molecule has 0 aliphatic heterocycles. The van der Waals surface area contributed by atoms with Crippen LogP contribution in [0.1, 0.15) is 5.56 Å². The van der Waals surface area contributed by atoms with Crippen LogP contribution >= 0.6 is 15.9 Å². The van der Waals surface area contributed by atoms with Crippen LogP contribution in [0.5, 0.6) is 0 Å². The lowest BCUT2D eigenvalue weighted by Crippen LogP contribution is -2.10. The standard InChI is InChI=1S/C10H11BrO2/c11-10-4-2-1-3-9(10)5-8(6-12)7-13/h1-4,6,8,13H,5,7H2. The second kappa shape index (κ2) is 5.14. The lowest BCUT2D eigenvalue weighted by atomic mass is 10.0. The molecular formula is C10H11BrO2. The molecule has 0 saturated heterocycles. The van der Waals surface area contributed by atoms with Gasteiger partial charge in [0.05, 0.1) is 6.61 Å². The maximum absolute atomic E-state index is 10.5. The topological polar surface area (TPSA) is 37.3 Å². The molecule has 0 fully saturated rings. The molecule has 0 radical (unpaired) electrons. The van der Waals surface area contributed by atoms with Crippen LogP contribution in [-0.2, 0) is 11.2 Å². The summed E-state index contributed by atoms with van der Waals surface area (Å²) in [5.74, 6) is -0.293. The van der Waals surface area contributed by atoms with Crippen LogP contribution < -0.4 is 0 Å². The van der Waals surface area contributed by atoms with Gasteiger partial charge < -0.3 is 9.90 Å². The highest BCUT2D eigenvalue weighted by Crippen LogP contribution is 2.18. The Morgan fingerprint density at radius 3 is 2.69 bits per heavy atom. The van der Waals surface area contributed by atoms with E-state index in [9.17, 15) is 4.79 Å². The third-order valence-electron chi connectivity index (χ3n) is 1.87. The van der Waals surface area contributed by atoms with Crippen LogP contribution in [0.15, 0.2) is 28.7 Å². The van der Waals surface area contributed by atoms with Crippen molar-refractivity contribution in [2.75, 3.05) is 6.61 Å². The molecule has 0 amide bonds. The Balaban J connectivity index is 2.73. The molecule has 1 atom stereocenters. The number of rotatable bonds is 4. The summed E-state index contributed by atoms with van der Waals surface area (Å²) in [6, 6.07) is 7.70. The predicted molar refractivity (Wildman–Crippen MR) is 54.5 cm³/mol. The smallest absolute Gasteiger partial charge is 0.125 e. The Labute approximate surface area is 85.7 Å². The first-order chi connectivity index (χ1) is 6.27. The van der Waals surface area contributed by atoms with Gasteiger partial charge in [0.15, 0.2) is 0 Å². The van der Waals surface area contributed by atoms with Crippen LogP contribution in [0, 0.1) is 5.92 Å². The molecule has 1 unspecified atom stereocenters. The molecule has 0 bridgehead atoms. The van der Waals surface area contributed by atoms with E-state index in [1.54, 1.807) is 0 Å². The zero-order valence-electron chi connectivity index (χ0n) is 7.11. The zero-order valence-corrected chi connectivity index (χ0v) is 8.70. The average molecular weight is 243 g/mol. The number of hydrogen-bond acceptors (Lipinski definition) is 2. The van der Waals surface area contributed by atoms with E-state index in [1.807, 2.05) is 24.3 Å². The SMILES string of the molecule is O=CC(CO)Cc1ccccc1Br. The van der Waals surface area contributed by atoms with Gasteiger partial charge in [0, 0.05) is 10.4 Å². The number of carbonyl (C=O) groups excluding carboxylic acids is 1. The average Bonchev–Trinajstić information content (AvgIpc) is 2.17. The van der Waals surface area contributed by atoms with Gasteiger partial charge >= 0.3 is 0 Å². The molecule has 1 N–H and O–H groups in total. The van der Waals surface area contributed by atoms with Crippen molar-refractivity contribution in [1.82, 2.24) is 0 Å². The predicted octanol–water partition coefficient (Wildman–Crippen LogP) is 1.80. The fourth-order valence-electron chi connectivity index (χ4n) is 1.10. The van der Waals surface area contributed by atoms with Gasteiger partial charge in [0.2, 0.25) is 0 Å². The van der Waals surface area contributed by atoms with E-state index in [1.165, 1.54) is 0 Å². The van der Waals surface area contributed by atoms with E-state index in [0.29, 0.717) is 6.42 Å². The highest BCUT2D eigenvalue weighted by atomic mass is 79.9. The maximum Gasteiger partial charge on any atom is 0.125 e. The second-order valence-corrected chi connectivity index (χ2v) is 3.73. The molecule has 13 heavy (non-hydrogen) atoms. The third-order valence-corrected chi connectivity index (χ3v) is 2.64. The van der Waals surface area contributed by atoms with Crippen molar-refractivity contribution < 1.29 is 9.90 Å². The van der Waals surface area contributed by atoms with E-state index in [4.69, 9.17) is 5.11 Å². The number of hydrogen-bond donors (Lipinski definition) is 1. The van der Waals surface area contributed by atoms with Crippen LogP contribution in [-0.4, -0.2) is 18.0 Å². The number of carbonyl (C=O) groups is 1. The van der Waals surface area contributed by atoms with Crippen LogP contribution in [0.4, 0.5) is 0 Å². The minimum atomic E-state index is -0.293. The summed E-state index contributed by atoms with van der Waals surface area (Å²) in [4.78, 5) is 10.5. The fourth-order valence-corrected chi connectivity index (χ4v) is 1.55. The number of aldehydes is 1. The molecule has 1 aromatic carbocycles. The molecular weight excluding hydrogens is 232 g/mol. The van der Waals surface area contributed by atoms with Gasteiger partial charge in [0.25, 0.3) is 0 Å². The van der Waals surface area contributed by atoms with E-state index in [2.05, 4.69) is 15.9 Å². The molecule has 70 valence electrons. The Kier molecular flexibility index (Phi) is 4.12. The minimum Gasteiger partial charge on any atom is -0.396 e. The van der Waals surface area contributed by atoms with E-state index in [-0.39, 0.29) is 12.5 Å². The van der Waals surface area contributed by atoms with Gasteiger partial charge in [0.1, 0.15) is 6.29 Å². The lowest BCUT2D eigenvalue weighted by Gasteiger charge is -2.07. The highest BCUT2D eigenvalue weighted by Gasteiger charge is 2.08. The van der Waals surface area contributed by atoms with Crippen molar-refractivity contribution in [2.45, 2.75) is 6.42 Å². The molecule has 1 rings (SSSR count). The van der Waals surface area contributed by atoms with Crippen molar-refractivity contribution in [3.8, 4) is 0 Å². The van der Waals surface area contributed by atoms with Crippen LogP contribution in [0.2, 0.25) is 0 Å². The van der Waals surface area contributed by atoms with Crippen molar-refractivity contribution in [3.63, 3.8) is 0 Å². The molecule has 0 saturated carbocycles. The van der Waals surface area contributed by atoms with Crippen molar-refractivity contribution in [2.24, 2.45) is 5.92 Å². The Hall–Kier alpha value is -0.670. The van der Waals surface area contributed by atoms with Gasteiger partial charge in [-0.15, -0.1) is 0 Å². The molecule has 0 aromatic heterocycles. The summed E-state index contributed by atoms with van der Waals surface area (Å²) < 4.78 is 0.982. The minimum absolute atomic E-state index is 0.0924. The highest BCUT2D eigenvalue weighted by molar-refractivity contribution is 9.10. The summed E-state index contributed by atoms with van der Waals surface area (Å²) in [5.41, 5.74) is 1.05. The van der Waals surface area contributed by atoms with E-state index >= 15 is 0 Å². The molecule has 0 spiro atoms. The number of halogens is 1. The van der Waals surface area contributed by atoms with Crippen molar-refractivity contribution in [3.05, 3.63) is 34.3 Å². The largest absolute Gasteiger partial charge is 0.396 e. The van der Waals surface area contributed by atoms with E-state index < -0.39 is 0 Å². The normalized spacial score (nSPS) is 12.5. The molecule has 0 heterocycles. The first-order valence-corrected chi connectivity index (χ1v) is 4.86. The second-order valence-electron chi connectivity index (χ2n) is 2.87. The van der Waals surface area contributed by atoms with Gasteiger partial charge in [-0.3, -0.25) is 0 Å². The molecule has 0 aliphatic rings. The number of aliphatic hydroxyl groups excluding tert-OH is 1. The summed E-state index contributed by atoms with van der Waals surface area (Å²) in [7, 11) is 0. The van der Waals surface area contributed by atoms with Crippen LogP contribution in [0.25, 0.3) is 0 Å². The van der Waals surface area contributed by atoms with E-state index in [0.717, 1.165) is 16.3 Å². The first-order valence-electron chi connectivity index (χ1n) is 4.07. The van der Waals surface area contributed by atoms with Crippen molar-refractivity contribution in [1.29, 1.82) is 0 Å². The van der Waals surface area contributed by atoms with Crippen LogP contribution in [0.3, 0.4) is 0 Å². The van der Waals surface area contributed by atoms with Gasteiger partial charge in [-0.25, -0.2) is 0 Å². The third kappa shape index (κ3) is 2.94. The molecule has 3 heteroatoms. The Bertz CT molecular complexity index is 286. The Morgan fingerprint density at radius 2 is 2.15 bits per heavy atom. The van der Waals surface area contributed by atoms with Gasteiger partial charge in [-0.1, -0.05) is 34.1 Å². The fraction of sp³-hybridized carbons (Fsp3) is 0.300. The number of aliphatic hydroxyl groups is 1. The summed E-state index contributed by atoms with van der Waals surface area (Å²) in [6.45, 7) is -0.0924. The van der Waals surface area contributed by atoms with Gasteiger partial charge in [-0.2, -0.15) is 0 Å². The quantitative estimate of drug-likeness (QED) is 0.818. The molecule has 2 nitrogen and oxygen atoms in total. The maximum atomic E-state index is 10.5. The monoisotopic (exact) mass is 242 g/mol. The van der Waals surface area contributed by atoms with Crippen molar-refractivity contribution >= 4 is 22.2 Å². The molecule has 0 aliphatic carbocycles. The summed E-state index contributed by atoms with van der Waals surface area (Å²) in [6.07, 6.45) is 1.38. The zero-order chi connectivity index (χ0) is 9.68. The number of benzene rings is 1. The lowest BCUT2D eigenvalue weighted by molar-refractivity contribution is -0.112. The summed E-state index contributed by atoms with van der Waals surface area (Å²) >= 11 is 3.39. The first kappa shape index (κ1) is 10.4. The Morgan fingerprint density at radius 1 is 1.46 bits per heavy atom. The van der Waals surface area contributed by atoms with Gasteiger partial charge in [-0.05, 0) is 18.1 Å². The molecule has 1 aromatic rings.